The molecule has 0 spiro atoms. The molecule has 2 aliphatic heterocycles. The first-order valence-corrected chi connectivity index (χ1v) is 11.9. The number of anilines is 6. The van der Waals surface area contributed by atoms with Crippen LogP contribution in [0.3, 0.4) is 0 Å². The van der Waals surface area contributed by atoms with Gasteiger partial charge in [-0.3, -0.25) is 4.79 Å². The van der Waals surface area contributed by atoms with Crippen LogP contribution >= 0.6 is 0 Å². The number of nitrogens with zero attached hydrogens (tertiary/aromatic N) is 5. The van der Waals surface area contributed by atoms with E-state index in [1.807, 2.05) is 36.4 Å². The molecule has 1 aromatic heterocycles. The Morgan fingerprint density at radius 2 is 1.86 bits per heavy atom. The first kappa shape index (κ1) is 22.9. The molecule has 182 valence electrons. The summed E-state index contributed by atoms with van der Waals surface area (Å²) >= 11 is 0. The Morgan fingerprint density at radius 3 is 2.60 bits per heavy atom. The van der Waals surface area contributed by atoms with E-state index < -0.39 is 0 Å². The predicted molar refractivity (Wildman–Crippen MR) is 140 cm³/mol. The molecule has 0 unspecified atom stereocenters. The van der Waals surface area contributed by atoms with Gasteiger partial charge in [-0.2, -0.15) is 4.98 Å². The van der Waals surface area contributed by atoms with Crippen LogP contribution in [0.15, 0.2) is 48.7 Å². The van der Waals surface area contributed by atoms with Crippen molar-refractivity contribution in [3.05, 3.63) is 54.2 Å². The molecule has 0 saturated carbocycles. The average molecular weight is 474 g/mol. The number of aromatic nitrogens is 2. The second-order valence-electron chi connectivity index (χ2n) is 9.17. The molecule has 2 N–H and O–H groups in total. The van der Waals surface area contributed by atoms with E-state index in [0.717, 1.165) is 49.0 Å². The zero-order valence-corrected chi connectivity index (χ0v) is 20.6. The van der Waals surface area contributed by atoms with Gasteiger partial charge in [-0.15, -0.1) is 0 Å². The van der Waals surface area contributed by atoms with Gasteiger partial charge in [-0.05, 0) is 45.2 Å². The Hall–Kier alpha value is -3.85. The third kappa shape index (κ3) is 4.46. The van der Waals surface area contributed by atoms with Gasteiger partial charge < -0.3 is 30.1 Å². The summed E-state index contributed by atoms with van der Waals surface area (Å²) in [6.45, 7) is 8.20. The molecule has 1 saturated heterocycles. The lowest BCUT2D eigenvalue weighted by atomic mass is 10.1. The number of hydrogen-bond acceptors (Lipinski definition) is 8. The van der Waals surface area contributed by atoms with Crippen LogP contribution in [0.25, 0.3) is 0 Å². The van der Waals surface area contributed by atoms with Crippen LogP contribution in [-0.4, -0.2) is 67.2 Å². The fourth-order valence-corrected chi connectivity index (χ4v) is 4.57. The van der Waals surface area contributed by atoms with Gasteiger partial charge in [0.1, 0.15) is 11.4 Å². The molecule has 0 atom stereocenters. The Balaban J connectivity index is 1.47. The SMILES string of the molecule is COc1cc(N2CCN(C)CC2)ccc1Nc1ncc2c(n1)N(C(C)C)c1ccccc1C(=O)N2. The number of likely N-dealkylation sites (N-methyl/N-ethyl adjacent to an activating group) is 1. The van der Waals surface area contributed by atoms with Gasteiger partial charge in [-0.1, -0.05) is 12.1 Å². The van der Waals surface area contributed by atoms with E-state index in [2.05, 4.69) is 57.3 Å². The molecular formula is C26H31N7O2. The van der Waals surface area contributed by atoms with E-state index in [1.165, 1.54) is 0 Å². The number of amides is 1. The Labute approximate surface area is 205 Å². The number of carbonyl (C=O) groups excluding carboxylic acids is 1. The van der Waals surface area contributed by atoms with Crippen LogP contribution in [0.1, 0.15) is 24.2 Å². The van der Waals surface area contributed by atoms with E-state index in [0.29, 0.717) is 23.0 Å². The minimum atomic E-state index is -0.171. The second-order valence-corrected chi connectivity index (χ2v) is 9.17. The molecule has 2 aromatic carbocycles. The zero-order chi connectivity index (χ0) is 24.5. The molecule has 0 aliphatic carbocycles. The summed E-state index contributed by atoms with van der Waals surface area (Å²) in [5, 5.41) is 6.27. The maximum atomic E-state index is 12.8. The molecule has 2 aliphatic rings. The first-order valence-electron chi connectivity index (χ1n) is 11.9. The van der Waals surface area contributed by atoms with Crippen molar-refractivity contribution < 1.29 is 9.53 Å². The summed E-state index contributed by atoms with van der Waals surface area (Å²) in [6.07, 6.45) is 1.65. The average Bonchev–Trinajstić information content (AvgIpc) is 2.98. The van der Waals surface area contributed by atoms with Crippen LogP contribution in [0.4, 0.5) is 34.5 Å². The number of nitrogens with one attached hydrogen (secondary N) is 2. The van der Waals surface area contributed by atoms with Gasteiger partial charge >= 0.3 is 0 Å². The van der Waals surface area contributed by atoms with Crippen molar-refractivity contribution in [2.45, 2.75) is 19.9 Å². The van der Waals surface area contributed by atoms with Crippen LogP contribution in [-0.2, 0) is 0 Å². The maximum Gasteiger partial charge on any atom is 0.257 e. The maximum absolute atomic E-state index is 12.8. The van der Waals surface area contributed by atoms with Crippen molar-refractivity contribution in [2.75, 3.05) is 60.8 Å². The number of benzene rings is 2. The van der Waals surface area contributed by atoms with Gasteiger partial charge in [0, 0.05) is 44.0 Å². The predicted octanol–water partition coefficient (Wildman–Crippen LogP) is 4.09. The number of fused-ring (bicyclic) bond motifs is 2. The summed E-state index contributed by atoms with van der Waals surface area (Å²) < 4.78 is 5.70. The molecule has 1 amide bonds. The van der Waals surface area contributed by atoms with Gasteiger partial charge in [-0.25, -0.2) is 4.98 Å². The molecular weight excluding hydrogens is 442 g/mol. The topological polar surface area (TPSA) is 85.9 Å². The van der Waals surface area contributed by atoms with Crippen molar-refractivity contribution >= 4 is 40.4 Å². The lowest BCUT2D eigenvalue weighted by molar-refractivity contribution is 0.102. The highest BCUT2D eigenvalue weighted by atomic mass is 16.5. The Kier molecular flexibility index (Phi) is 6.17. The Morgan fingerprint density at radius 1 is 1.09 bits per heavy atom. The number of piperazine rings is 1. The van der Waals surface area contributed by atoms with Crippen molar-refractivity contribution in [3.63, 3.8) is 0 Å². The monoisotopic (exact) mass is 473 g/mol. The van der Waals surface area contributed by atoms with Crippen molar-refractivity contribution in [1.82, 2.24) is 14.9 Å². The highest BCUT2D eigenvalue weighted by Crippen LogP contribution is 2.39. The molecule has 35 heavy (non-hydrogen) atoms. The number of rotatable bonds is 5. The summed E-state index contributed by atoms with van der Waals surface area (Å²) in [4.78, 5) is 28.9. The number of carbonyl (C=O) groups is 1. The van der Waals surface area contributed by atoms with E-state index >= 15 is 0 Å². The lowest BCUT2D eigenvalue weighted by Gasteiger charge is -2.34. The van der Waals surface area contributed by atoms with Gasteiger partial charge in [0.05, 0.1) is 30.2 Å². The van der Waals surface area contributed by atoms with E-state index in [-0.39, 0.29) is 11.9 Å². The van der Waals surface area contributed by atoms with E-state index in [1.54, 1.807) is 13.3 Å². The minimum Gasteiger partial charge on any atom is -0.494 e. The quantitative estimate of drug-likeness (QED) is 0.573. The van der Waals surface area contributed by atoms with Crippen LogP contribution in [0.5, 0.6) is 5.75 Å². The molecule has 0 bridgehead atoms. The van der Waals surface area contributed by atoms with Gasteiger partial charge in [0.2, 0.25) is 5.95 Å². The standard InChI is InChI=1S/C26H31N7O2/c1-17(2)33-22-8-6-5-7-19(22)25(34)28-21-16-27-26(30-24(21)33)29-20-10-9-18(15-23(20)35-4)32-13-11-31(3)12-14-32/h5-10,15-17H,11-14H2,1-4H3,(H,28,34)(H,27,29,30). The van der Waals surface area contributed by atoms with Gasteiger partial charge in [0.15, 0.2) is 5.82 Å². The Bertz CT molecular complexity index is 1240. The summed E-state index contributed by atoms with van der Waals surface area (Å²) in [5.41, 5.74) is 3.91. The van der Waals surface area contributed by atoms with Crippen LogP contribution in [0, 0.1) is 0 Å². The second kappa shape index (κ2) is 9.42. The molecule has 1 fully saturated rings. The van der Waals surface area contributed by atoms with E-state index in [9.17, 15) is 4.79 Å². The van der Waals surface area contributed by atoms with Crippen molar-refractivity contribution in [2.24, 2.45) is 0 Å². The molecule has 3 aromatic rings. The number of hydrogen-bond donors (Lipinski definition) is 2. The lowest BCUT2D eigenvalue weighted by Crippen LogP contribution is -2.44. The van der Waals surface area contributed by atoms with Gasteiger partial charge in [0.25, 0.3) is 5.91 Å². The fraction of sp³-hybridized carbons (Fsp3) is 0.346. The number of para-hydroxylation sites is 1. The van der Waals surface area contributed by atoms with Crippen molar-refractivity contribution in [3.8, 4) is 5.75 Å². The van der Waals surface area contributed by atoms with Crippen LogP contribution < -0.4 is 25.2 Å². The molecule has 0 radical (unpaired) electrons. The molecule has 5 rings (SSSR count). The highest BCUT2D eigenvalue weighted by Gasteiger charge is 2.28. The molecule has 9 heteroatoms. The summed E-state index contributed by atoms with van der Waals surface area (Å²) in [5.74, 6) is 1.62. The largest absolute Gasteiger partial charge is 0.494 e. The minimum absolute atomic E-state index is 0.0720. The smallest absolute Gasteiger partial charge is 0.257 e. The molecule has 9 nitrogen and oxygen atoms in total. The number of methoxy groups -OCH3 is 1. The third-order valence-electron chi connectivity index (χ3n) is 6.47. The number of ether oxygens (including phenoxy) is 1. The van der Waals surface area contributed by atoms with E-state index in [4.69, 9.17) is 9.72 Å². The van der Waals surface area contributed by atoms with Crippen LogP contribution in [0.2, 0.25) is 0 Å². The first-order chi connectivity index (χ1) is 16.9. The van der Waals surface area contributed by atoms with Crippen molar-refractivity contribution in [1.29, 1.82) is 0 Å². The third-order valence-corrected chi connectivity index (χ3v) is 6.47. The summed E-state index contributed by atoms with van der Waals surface area (Å²) in [7, 11) is 3.81. The zero-order valence-electron chi connectivity index (χ0n) is 20.6. The summed E-state index contributed by atoms with van der Waals surface area (Å²) in [6, 6.07) is 13.8. The normalized spacial score (nSPS) is 15.9. The highest BCUT2D eigenvalue weighted by molar-refractivity contribution is 6.12. The fourth-order valence-electron chi connectivity index (χ4n) is 4.57. The molecule has 3 heterocycles.